The number of fused-ring (bicyclic) bond motifs is 1. The summed E-state index contributed by atoms with van der Waals surface area (Å²) in [5.74, 6) is 0.854. The maximum atomic E-state index is 4.68. The Balaban J connectivity index is 2.10. The van der Waals surface area contributed by atoms with Crippen LogP contribution in [0.5, 0.6) is 0 Å². The Bertz CT molecular complexity index is 756. The summed E-state index contributed by atoms with van der Waals surface area (Å²) < 4.78 is 0.806. The quantitative estimate of drug-likeness (QED) is 0.669. The molecule has 3 rings (SSSR count). The van der Waals surface area contributed by atoms with Gasteiger partial charge in [0.2, 0.25) is 0 Å². The molecule has 0 spiro atoms. The molecule has 0 aliphatic carbocycles. The second-order valence-electron chi connectivity index (χ2n) is 4.63. The van der Waals surface area contributed by atoms with E-state index in [9.17, 15) is 0 Å². The first-order valence-electron chi connectivity index (χ1n) is 6.66. The normalized spacial score (nSPS) is 10.9. The molecule has 2 aromatic heterocycles. The maximum Gasteiger partial charge on any atom is 0.130 e. The standard InChI is InChI=1S/C16H14BrN3/c1-2-5-16-19-14(10-15(17)20-16)13-9-8-11-6-3-4-7-12(11)18-13/h3-4,6-10H,2,5H2,1H3. The Morgan fingerprint density at radius 1 is 0.950 bits per heavy atom. The van der Waals surface area contributed by atoms with Crippen molar-refractivity contribution in [3.05, 3.63) is 52.9 Å². The van der Waals surface area contributed by atoms with Crippen LogP contribution in [-0.2, 0) is 6.42 Å². The number of pyridine rings is 1. The lowest BCUT2D eigenvalue weighted by Crippen LogP contribution is -1.98. The minimum atomic E-state index is 0.806. The summed E-state index contributed by atoms with van der Waals surface area (Å²) in [5.41, 5.74) is 2.72. The van der Waals surface area contributed by atoms with Crippen LogP contribution in [0, 0.1) is 0 Å². The number of benzene rings is 1. The van der Waals surface area contributed by atoms with Crippen molar-refractivity contribution in [2.75, 3.05) is 0 Å². The summed E-state index contributed by atoms with van der Waals surface area (Å²) in [6, 6.07) is 14.1. The predicted molar refractivity (Wildman–Crippen MR) is 84.5 cm³/mol. The number of rotatable bonds is 3. The predicted octanol–water partition coefficient (Wildman–Crippen LogP) is 4.41. The van der Waals surface area contributed by atoms with Crippen LogP contribution in [0.15, 0.2) is 47.1 Å². The van der Waals surface area contributed by atoms with Gasteiger partial charge in [0.05, 0.1) is 16.9 Å². The monoisotopic (exact) mass is 327 g/mol. The Hall–Kier alpha value is -1.81. The highest BCUT2D eigenvalue weighted by Crippen LogP contribution is 2.22. The molecule has 3 nitrogen and oxygen atoms in total. The molecule has 100 valence electrons. The van der Waals surface area contributed by atoms with E-state index < -0.39 is 0 Å². The number of aromatic nitrogens is 3. The van der Waals surface area contributed by atoms with Gasteiger partial charge in [-0.1, -0.05) is 31.2 Å². The van der Waals surface area contributed by atoms with Crippen molar-refractivity contribution in [3.63, 3.8) is 0 Å². The molecule has 0 aliphatic heterocycles. The molecule has 0 bridgehead atoms. The van der Waals surface area contributed by atoms with Gasteiger partial charge in [0.25, 0.3) is 0 Å². The van der Waals surface area contributed by atoms with E-state index >= 15 is 0 Å². The summed E-state index contributed by atoms with van der Waals surface area (Å²) in [4.78, 5) is 13.7. The van der Waals surface area contributed by atoms with Crippen molar-refractivity contribution in [3.8, 4) is 11.4 Å². The fourth-order valence-electron chi connectivity index (χ4n) is 2.14. The second-order valence-corrected chi connectivity index (χ2v) is 5.44. The van der Waals surface area contributed by atoms with Gasteiger partial charge in [0.1, 0.15) is 10.4 Å². The molecule has 0 radical (unpaired) electrons. The molecule has 0 unspecified atom stereocenters. The van der Waals surface area contributed by atoms with Gasteiger partial charge in [-0.3, -0.25) is 0 Å². The minimum absolute atomic E-state index is 0.806. The number of aryl methyl sites for hydroxylation is 1. The third-order valence-electron chi connectivity index (χ3n) is 3.08. The zero-order valence-electron chi connectivity index (χ0n) is 11.2. The fraction of sp³-hybridized carbons (Fsp3) is 0.188. The van der Waals surface area contributed by atoms with Gasteiger partial charge >= 0.3 is 0 Å². The molecule has 4 heteroatoms. The number of para-hydroxylation sites is 1. The number of nitrogens with zero attached hydrogens (tertiary/aromatic N) is 3. The van der Waals surface area contributed by atoms with Crippen LogP contribution in [0.2, 0.25) is 0 Å². The Kier molecular flexibility index (Phi) is 3.74. The van der Waals surface area contributed by atoms with E-state index in [1.165, 1.54) is 0 Å². The van der Waals surface area contributed by atoms with Crippen LogP contribution in [0.3, 0.4) is 0 Å². The SMILES string of the molecule is CCCc1nc(Br)cc(-c2ccc3ccccc3n2)n1. The van der Waals surface area contributed by atoms with Crippen molar-refractivity contribution in [1.29, 1.82) is 0 Å². The van der Waals surface area contributed by atoms with E-state index in [1.807, 2.05) is 30.3 Å². The molecule has 0 amide bonds. The van der Waals surface area contributed by atoms with Crippen molar-refractivity contribution in [2.45, 2.75) is 19.8 Å². The highest BCUT2D eigenvalue weighted by molar-refractivity contribution is 9.10. The van der Waals surface area contributed by atoms with E-state index in [0.29, 0.717) is 0 Å². The molecule has 0 aliphatic rings. The van der Waals surface area contributed by atoms with Gasteiger partial charge in [-0.05, 0) is 40.5 Å². The highest BCUT2D eigenvalue weighted by Gasteiger charge is 2.07. The van der Waals surface area contributed by atoms with E-state index in [2.05, 4.69) is 49.9 Å². The number of halogens is 1. The van der Waals surface area contributed by atoms with E-state index in [0.717, 1.165) is 45.6 Å². The van der Waals surface area contributed by atoms with Crippen LogP contribution in [0.4, 0.5) is 0 Å². The first kappa shape index (κ1) is 13.2. The average Bonchev–Trinajstić information content (AvgIpc) is 2.46. The molecule has 0 N–H and O–H groups in total. The third-order valence-corrected chi connectivity index (χ3v) is 3.48. The molecule has 1 aromatic carbocycles. The molecule has 0 fully saturated rings. The Morgan fingerprint density at radius 3 is 2.65 bits per heavy atom. The lowest BCUT2D eigenvalue weighted by Gasteiger charge is -2.05. The maximum absolute atomic E-state index is 4.68. The van der Waals surface area contributed by atoms with Gasteiger partial charge < -0.3 is 0 Å². The van der Waals surface area contributed by atoms with Gasteiger partial charge in [-0.25, -0.2) is 15.0 Å². The summed E-state index contributed by atoms with van der Waals surface area (Å²) in [6.45, 7) is 2.12. The summed E-state index contributed by atoms with van der Waals surface area (Å²) in [7, 11) is 0. The van der Waals surface area contributed by atoms with E-state index in [4.69, 9.17) is 0 Å². The lowest BCUT2D eigenvalue weighted by molar-refractivity contribution is 0.830. The molecule has 0 saturated carbocycles. The molecular weight excluding hydrogens is 314 g/mol. The van der Waals surface area contributed by atoms with Crippen molar-refractivity contribution < 1.29 is 0 Å². The van der Waals surface area contributed by atoms with Gasteiger partial charge in [-0.15, -0.1) is 0 Å². The van der Waals surface area contributed by atoms with E-state index in [1.54, 1.807) is 0 Å². The lowest BCUT2D eigenvalue weighted by atomic mass is 10.2. The third kappa shape index (κ3) is 2.70. The van der Waals surface area contributed by atoms with E-state index in [-0.39, 0.29) is 0 Å². The molecule has 3 aromatic rings. The van der Waals surface area contributed by atoms with Crippen molar-refractivity contribution >= 4 is 26.8 Å². The first-order chi connectivity index (χ1) is 9.76. The van der Waals surface area contributed by atoms with Crippen LogP contribution in [0.1, 0.15) is 19.2 Å². The van der Waals surface area contributed by atoms with Crippen LogP contribution >= 0.6 is 15.9 Å². The fourth-order valence-corrected chi connectivity index (χ4v) is 2.56. The van der Waals surface area contributed by atoms with Crippen LogP contribution in [-0.4, -0.2) is 15.0 Å². The molecule has 0 atom stereocenters. The smallest absolute Gasteiger partial charge is 0.130 e. The zero-order chi connectivity index (χ0) is 13.9. The average molecular weight is 328 g/mol. The summed E-state index contributed by atoms with van der Waals surface area (Å²) in [6.07, 6.45) is 1.90. The van der Waals surface area contributed by atoms with Gasteiger partial charge in [0.15, 0.2) is 0 Å². The summed E-state index contributed by atoms with van der Waals surface area (Å²) >= 11 is 3.45. The molecular formula is C16H14BrN3. The van der Waals surface area contributed by atoms with Gasteiger partial charge in [-0.2, -0.15) is 0 Å². The highest BCUT2D eigenvalue weighted by atomic mass is 79.9. The number of hydrogen-bond acceptors (Lipinski definition) is 3. The Morgan fingerprint density at radius 2 is 1.80 bits per heavy atom. The molecule has 2 heterocycles. The molecule has 20 heavy (non-hydrogen) atoms. The van der Waals surface area contributed by atoms with Crippen molar-refractivity contribution in [2.24, 2.45) is 0 Å². The zero-order valence-corrected chi connectivity index (χ0v) is 12.8. The Labute approximate surface area is 126 Å². The van der Waals surface area contributed by atoms with Gasteiger partial charge in [0, 0.05) is 11.8 Å². The second kappa shape index (κ2) is 5.67. The number of hydrogen-bond donors (Lipinski definition) is 0. The largest absolute Gasteiger partial charge is 0.246 e. The molecule has 0 saturated heterocycles. The topological polar surface area (TPSA) is 38.7 Å². The first-order valence-corrected chi connectivity index (χ1v) is 7.45. The minimum Gasteiger partial charge on any atom is -0.246 e. The van der Waals surface area contributed by atoms with Crippen LogP contribution < -0.4 is 0 Å². The van der Waals surface area contributed by atoms with Crippen molar-refractivity contribution in [1.82, 2.24) is 15.0 Å². The van der Waals surface area contributed by atoms with Crippen LogP contribution in [0.25, 0.3) is 22.3 Å². The summed E-state index contributed by atoms with van der Waals surface area (Å²) in [5, 5.41) is 1.14.